The Balaban J connectivity index is 2.22. The molecule has 2 heterocycles. The summed E-state index contributed by atoms with van der Waals surface area (Å²) in [6, 6.07) is 7.36. The topological polar surface area (TPSA) is 76.3 Å². The first-order valence-electron chi connectivity index (χ1n) is 7.15. The van der Waals surface area contributed by atoms with E-state index in [1.807, 2.05) is 6.07 Å². The highest BCUT2D eigenvalue weighted by Gasteiger charge is 2.23. The van der Waals surface area contributed by atoms with Crippen LogP contribution in [0.1, 0.15) is 26.2 Å². The van der Waals surface area contributed by atoms with Crippen LogP contribution in [0.25, 0.3) is 10.9 Å². The fourth-order valence-corrected chi connectivity index (χ4v) is 3.80. The lowest BCUT2D eigenvalue weighted by molar-refractivity contribution is 0.485. The lowest BCUT2D eigenvalue weighted by Gasteiger charge is -2.36. The predicted molar refractivity (Wildman–Crippen MR) is 83.8 cm³/mol. The zero-order valence-electron chi connectivity index (χ0n) is 12.0. The second-order valence-corrected chi connectivity index (χ2v) is 7.10. The van der Waals surface area contributed by atoms with E-state index >= 15 is 0 Å². The van der Waals surface area contributed by atoms with Gasteiger partial charge in [-0.15, -0.1) is 0 Å². The highest BCUT2D eigenvalue weighted by molar-refractivity contribution is 7.89. The number of sulfonamides is 1. The van der Waals surface area contributed by atoms with Gasteiger partial charge in [0, 0.05) is 24.2 Å². The molecule has 1 aromatic heterocycles. The molecule has 2 N–H and O–H groups in total. The molecule has 6 heteroatoms. The van der Waals surface area contributed by atoms with Crippen molar-refractivity contribution in [2.75, 3.05) is 11.4 Å². The summed E-state index contributed by atoms with van der Waals surface area (Å²) in [6.07, 6.45) is 5.21. The maximum atomic E-state index is 11.7. The second-order valence-electron chi connectivity index (χ2n) is 5.57. The second kappa shape index (κ2) is 5.27. The lowest BCUT2D eigenvalue weighted by Crippen LogP contribution is -2.37. The highest BCUT2D eigenvalue weighted by Crippen LogP contribution is 2.33. The van der Waals surface area contributed by atoms with Gasteiger partial charge in [-0.25, -0.2) is 13.6 Å². The Labute approximate surface area is 124 Å². The summed E-state index contributed by atoms with van der Waals surface area (Å²) in [5, 5.41) is 5.90. The maximum absolute atomic E-state index is 11.7. The van der Waals surface area contributed by atoms with Crippen molar-refractivity contribution in [1.82, 2.24) is 4.98 Å². The van der Waals surface area contributed by atoms with Gasteiger partial charge in [-0.3, -0.25) is 4.98 Å². The van der Waals surface area contributed by atoms with Crippen molar-refractivity contribution in [3.8, 4) is 0 Å². The smallest absolute Gasteiger partial charge is 0.238 e. The van der Waals surface area contributed by atoms with Crippen LogP contribution in [-0.2, 0) is 10.0 Å². The highest BCUT2D eigenvalue weighted by atomic mass is 32.2. The molecule has 0 amide bonds. The number of rotatable bonds is 2. The van der Waals surface area contributed by atoms with Gasteiger partial charge in [0.25, 0.3) is 0 Å². The number of pyridine rings is 1. The number of primary sulfonamides is 1. The zero-order valence-corrected chi connectivity index (χ0v) is 12.8. The standard InChI is InChI=1S/C15H19N3O2S/c1-11-5-2-3-10-18(11)13-7-8-14(21(16,19)20)12-6-4-9-17-15(12)13/h4,6-9,11H,2-3,5,10H2,1H3,(H2,16,19,20)/t11-/m1/s1. The summed E-state index contributed by atoms with van der Waals surface area (Å²) < 4.78 is 23.5. The molecular formula is C15H19N3O2S. The molecule has 0 bridgehead atoms. The van der Waals surface area contributed by atoms with Crippen LogP contribution in [0.4, 0.5) is 5.69 Å². The van der Waals surface area contributed by atoms with Crippen molar-refractivity contribution >= 4 is 26.6 Å². The average molecular weight is 305 g/mol. The molecule has 1 atom stereocenters. The van der Waals surface area contributed by atoms with E-state index in [1.54, 1.807) is 24.4 Å². The van der Waals surface area contributed by atoms with Crippen molar-refractivity contribution in [3.63, 3.8) is 0 Å². The van der Waals surface area contributed by atoms with Crippen molar-refractivity contribution in [2.24, 2.45) is 5.14 Å². The Morgan fingerprint density at radius 2 is 2.10 bits per heavy atom. The van der Waals surface area contributed by atoms with E-state index < -0.39 is 10.0 Å². The molecule has 2 aromatic rings. The monoisotopic (exact) mass is 305 g/mol. The average Bonchev–Trinajstić information content (AvgIpc) is 2.46. The molecule has 0 spiro atoms. The van der Waals surface area contributed by atoms with E-state index in [1.165, 1.54) is 6.42 Å². The summed E-state index contributed by atoms with van der Waals surface area (Å²) in [5.74, 6) is 0. The first-order chi connectivity index (χ1) is 9.98. The van der Waals surface area contributed by atoms with Gasteiger partial charge in [0.15, 0.2) is 0 Å². The largest absolute Gasteiger partial charge is 0.367 e. The molecule has 1 aliphatic heterocycles. The SMILES string of the molecule is C[C@@H]1CCCCN1c1ccc(S(N)(=O)=O)c2cccnc12. The predicted octanol–water partition coefficient (Wildman–Crippen LogP) is 2.26. The number of piperidine rings is 1. The van der Waals surface area contributed by atoms with Crippen LogP contribution in [0, 0.1) is 0 Å². The van der Waals surface area contributed by atoms with Crippen molar-refractivity contribution in [3.05, 3.63) is 30.5 Å². The first kappa shape index (κ1) is 14.3. The zero-order chi connectivity index (χ0) is 15.0. The van der Waals surface area contributed by atoms with Crippen LogP contribution in [0.2, 0.25) is 0 Å². The van der Waals surface area contributed by atoms with Gasteiger partial charge in [0.2, 0.25) is 10.0 Å². The minimum Gasteiger partial charge on any atom is -0.367 e. The minimum atomic E-state index is -3.75. The van der Waals surface area contributed by atoms with Crippen LogP contribution >= 0.6 is 0 Å². The third-order valence-electron chi connectivity index (χ3n) is 4.13. The molecule has 0 saturated carbocycles. The molecule has 1 fully saturated rings. The van der Waals surface area contributed by atoms with Gasteiger partial charge in [-0.05, 0) is 50.5 Å². The fourth-order valence-electron chi connectivity index (χ4n) is 3.07. The maximum Gasteiger partial charge on any atom is 0.238 e. The molecule has 0 aliphatic carbocycles. The van der Waals surface area contributed by atoms with E-state index in [9.17, 15) is 8.42 Å². The van der Waals surface area contributed by atoms with Crippen LogP contribution in [0.15, 0.2) is 35.4 Å². The summed E-state index contributed by atoms with van der Waals surface area (Å²) in [6.45, 7) is 3.17. The number of hydrogen-bond acceptors (Lipinski definition) is 4. The number of anilines is 1. The molecule has 1 aliphatic rings. The number of nitrogens with zero attached hydrogens (tertiary/aromatic N) is 2. The molecule has 0 unspecified atom stereocenters. The number of fused-ring (bicyclic) bond motifs is 1. The van der Waals surface area contributed by atoms with E-state index in [4.69, 9.17) is 5.14 Å². The molecule has 1 aromatic carbocycles. The Hall–Kier alpha value is -1.66. The van der Waals surface area contributed by atoms with Gasteiger partial charge >= 0.3 is 0 Å². The van der Waals surface area contributed by atoms with Crippen LogP contribution in [0.3, 0.4) is 0 Å². The van der Waals surface area contributed by atoms with Crippen LogP contribution < -0.4 is 10.0 Å². The van der Waals surface area contributed by atoms with Gasteiger partial charge in [0.1, 0.15) is 0 Å². The Kier molecular flexibility index (Phi) is 3.59. The van der Waals surface area contributed by atoms with Gasteiger partial charge < -0.3 is 4.90 Å². The Morgan fingerprint density at radius 1 is 1.29 bits per heavy atom. The number of benzene rings is 1. The van der Waals surface area contributed by atoms with E-state index in [0.29, 0.717) is 16.9 Å². The van der Waals surface area contributed by atoms with Crippen molar-refractivity contribution in [2.45, 2.75) is 37.1 Å². The molecule has 21 heavy (non-hydrogen) atoms. The molecule has 0 radical (unpaired) electrons. The van der Waals surface area contributed by atoms with E-state index in [2.05, 4.69) is 16.8 Å². The van der Waals surface area contributed by atoms with Crippen molar-refractivity contribution in [1.29, 1.82) is 0 Å². The first-order valence-corrected chi connectivity index (χ1v) is 8.70. The van der Waals surface area contributed by atoms with E-state index in [0.717, 1.165) is 25.1 Å². The Morgan fingerprint density at radius 3 is 2.81 bits per heavy atom. The summed E-state index contributed by atoms with van der Waals surface area (Å²) >= 11 is 0. The molecule has 112 valence electrons. The summed E-state index contributed by atoms with van der Waals surface area (Å²) in [5.41, 5.74) is 1.70. The number of nitrogens with two attached hydrogens (primary N) is 1. The van der Waals surface area contributed by atoms with E-state index in [-0.39, 0.29) is 4.90 Å². The lowest BCUT2D eigenvalue weighted by atomic mass is 10.0. The van der Waals surface area contributed by atoms with Crippen LogP contribution in [-0.4, -0.2) is 26.0 Å². The molecule has 3 rings (SSSR count). The normalized spacial score (nSPS) is 19.9. The number of aromatic nitrogens is 1. The Bertz CT molecular complexity index is 774. The third-order valence-corrected chi connectivity index (χ3v) is 5.10. The van der Waals surface area contributed by atoms with Crippen molar-refractivity contribution < 1.29 is 8.42 Å². The van der Waals surface area contributed by atoms with Gasteiger partial charge in [-0.1, -0.05) is 0 Å². The molecule has 1 saturated heterocycles. The minimum absolute atomic E-state index is 0.138. The van der Waals surface area contributed by atoms with Crippen LogP contribution in [0.5, 0.6) is 0 Å². The summed E-state index contributed by atoms with van der Waals surface area (Å²) in [4.78, 5) is 6.85. The summed E-state index contributed by atoms with van der Waals surface area (Å²) in [7, 11) is -3.75. The number of hydrogen-bond donors (Lipinski definition) is 1. The van der Waals surface area contributed by atoms with Gasteiger partial charge in [0.05, 0.1) is 16.1 Å². The molecule has 5 nitrogen and oxygen atoms in total. The third kappa shape index (κ3) is 2.61. The quantitative estimate of drug-likeness (QED) is 0.923. The van der Waals surface area contributed by atoms with Gasteiger partial charge in [-0.2, -0.15) is 0 Å². The molecular weight excluding hydrogens is 286 g/mol. The fraction of sp³-hybridized carbons (Fsp3) is 0.400.